The molecule has 2 fully saturated rings. The molecule has 2 aliphatic heterocycles. The number of halogens is 1. The third-order valence-electron chi connectivity index (χ3n) is 3.64. The van der Waals surface area contributed by atoms with Crippen molar-refractivity contribution in [1.82, 2.24) is 15.5 Å². The van der Waals surface area contributed by atoms with E-state index in [1.54, 1.807) is 0 Å². The summed E-state index contributed by atoms with van der Waals surface area (Å²) in [5.41, 5.74) is 0. The number of anilines is 1. The molecule has 1 aromatic rings. The molecule has 0 radical (unpaired) electrons. The summed E-state index contributed by atoms with van der Waals surface area (Å²) >= 11 is 5.75. The summed E-state index contributed by atoms with van der Waals surface area (Å²) in [6.45, 7) is 3.31. The van der Waals surface area contributed by atoms with Crippen LogP contribution in [0, 0.1) is 5.92 Å². The molecule has 2 unspecified atom stereocenters. The van der Waals surface area contributed by atoms with E-state index in [9.17, 15) is 0 Å². The SMILES string of the molecule is Clc1ccc(N2CCC3CCNCC32)nn1. The van der Waals surface area contributed by atoms with E-state index >= 15 is 0 Å². The molecule has 0 aromatic carbocycles. The molecule has 5 heteroatoms. The first-order valence-electron chi connectivity index (χ1n) is 5.81. The number of hydrogen-bond donors (Lipinski definition) is 1. The lowest BCUT2D eigenvalue weighted by atomic mass is 9.93. The normalized spacial score (nSPS) is 29.2. The van der Waals surface area contributed by atoms with E-state index in [1.165, 1.54) is 12.8 Å². The van der Waals surface area contributed by atoms with Crippen molar-refractivity contribution in [2.45, 2.75) is 18.9 Å². The molecule has 4 nitrogen and oxygen atoms in total. The van der Waals surface area contributed by atoms with Gasteiger partial charge in [-0.05, 0) is 37.4 Å². The number of hydrogen-bond acceptors (Lipinski definition) is 4. The Balaban J connectivity index is 1.82. The second-order valence-electron chi connectivity index (χ2n) is 4.52. The largest absolute Gasteiger partial charge is 0.351 e. The van der Waals surface area contributed by atoms with E-state index in [2.05, 4.69) is 20.4 Å². The van der Waals surface area contributed by atoms with Crippen LogP contribution >= 0.6 is 11.6 Å². The third kappa shape index (κ3) is 1.76. The minimum absolute atomic E-state index is 0.460. The van der Waals surface area contributed by atoms with Gasteiger partial charge in [0, 0.05) is 19.1 Å². The first kappa shape index (κ1) is 10.3. The first-order valence-corrected chi connectivity index (χ1v) is 6.19. The molecular formula is C11H15ClN4. The molecular weight excluding hydrogens is 224 g/mol. The average molecular weight is 239 g/mol. The highest BCUT2D eigenvalue weighted by Gasteiger charge is 2.36. The summed E-state index contributed by atoms with van der Waals surface area (Å²) in [6, 6.07) is 4.36. The Morgan fingerprint density at radius 3 is 3.06 bits per heavy atom. The molecule has 1 aromatic heterocycles. The van der Waals surface area contributed by atoms with Gasteiger partial charge in [-0.1, -0.05) is 11.6 Å². The predicted molar refractivity (Wildman–Crippen MR) is 63.8 cm³/mol. The lowest BCUT2D eigenvalue weighted by molar-refractivity contribution is 0.358. The Kier molecular flexibility index (Phi) is 2.69. The Hall–Kier alpha value is -0.870. The third-order valence-corrected chi connectivity index (χ3v) is 3.84. The molecule has 0 spiro atoms. The van der Waals surface area contributed by atoms with Crippen LogP contribution in [0.2, 0.25) is 5.15 Å². The Morgan fingerprint density at radius 1 is 1.31 bits per heavy atom. The highest BCUT2D eigenvalue weighted by molar-refractivity contribution is 6.29. The van der Waals surface area contributed by atoms with E-state index in [1.807, 2.05) is 12.1 Å². The summed E-state index contributed by atoms with van der Waals surface area (Å²) < 4.78 is 0. The van der Waals surface area contributed by atoms with Gasteiger partial charge in [0.1, 0.15) is 0 Å². The van der Waals surface area contributed by atoms with Gasteiger partial charge < -0.3 is 10.2 Å². The van der Waals surface area contributed by atoms with Gasteiger partial charge in [-0.2, -0.15) is 0 Å². The van der Waals surface area contributed by atoms with Crippen LogP contribution in [0.15, 0.2) is 12.1 Å². The molecule has 86 valence electrons. The van der Waals surface area contributed by atoms with Crippen LogP contribution in [0.4, 0.5) is 5.82 Å². The second kappa shape index (κ2) is 4.18. The van der Waals surface area contributed by atoms with Gasteiger partial charge in [0.25, 0.3) is 0 Å². The molecule has 2 aliphatic rings. The lowest BCUT2D eigenvalue weighted by Gasteiger charge is -2.32. The van der Waals surface area contributed by atoms with E-state index < -0.39 is 0 Å². The average Bonchev–Trinajstić information content (AvgIpc) is 2.74. The summed E-state index contributed by atoms with van der Waals surface area (Å²) in [4.78, 5) is 2.36. The first-order chi connectivity index (χ1) is 7.84. The minimum atomic E-state index is 0.460. The zero-order valence-electron chi connectivity index (χ0n) is 9.06. The van der Waals surface area contributed by atoms with Crippen molar-refractivity contribution < 1.29 is 0 Å². The minimum Gasteiger partial charge on any atom is -0.351 e. The van der Waals surface area contributed by atoms with Gasteiger partial charge in [0.15, 0.2) is 11.0 Å². The van der Waals surface area contributed by atoms with Crippen LogP contribution in [0.3, 0.4) is 0 Å². The fourth-order valence-electron chi connectivity index (χ4n) is 2.82. The maximum atomic E-state index is 5.75. The topological polar surface area (TPSA) is 41.0 Å². The fraction of sp³-hybridized carbons (Fsp3) is 0.636. The highest BCUT2D eigenvalue weighted by Crippen LogP contribution is 2.31. The zero-order chi connectivity index (χ0) is 11.0. The summed E-state index contributed by atoms with van der Waals surface area (Å²) in [5.74, 6) is 1.78. The van der Waals surface area contributed by atoms with Crippen molar-refractivity contribution >= 4 is 17.4 Å². The number of aromatic nitrogens is 2. The molecule has 3 heterocycles. The molecule has 0 saturated carbocycles. The van der Waals surface area contributed by atoms with Crippen molar-refractivity contribution in [2.75, 3.05) is 24.5 Å². The second-order valence-corrected chi connectivity index (χ2v) is 4.90. The number of piperidine rings is 1. The van der Waals surface area contributed by atoms with Crippen LogP contribution in [0.5, 0.6) is 0 Å². The van der Waals surface area contributed by atoms with E-state index in [-0.39, 0.29) is 0 Å². The molecule has 3 rings (SSSR count). The maximum Gasteiger partial charge on any atom is 0.151 e. The smallest absolute Gasteiger partial charge is 0.151 e. The molecule has 2 saturated heterocycles. The van der Waals surface area contributed by atoms with Crippen molar-refractivity contribution in [2.24, 2.45) is 5.92 Å². The maximum absolute atomic E-state index is 5.75. The van der Waals surface area contributed by atoms with E-state index in [0.29, 0.717) is 11.2 Å². The van der Waals surface area contributed by atoms with Gasteiger partial charge >= 0.3 is 0 Å². The monoisotopic (exact) mass is 238 g/mol. The van der Waals surface area contributed by atoms with E-state index in [0.717, 1.165) is 31.4 Å². The summed E-state index contributed by atoms with van der Waals surface area (Å²) in [5, 5.41) is 12.0. The molecule has 0 amide bonds. The van der Waals surface area contributed by atoms with Crippen LogP contribution in [-0.2, 0) is 0 Å². The van der Waals surface area contributed by atoms with Crippen LogP contribution in [-0.4, -0.2) is 35.9 Å². The van der Waals surface area contributed by atoms with Crippen molar-refractivity contribution in [3.05, 3.63) is 17.3 Å². The summed E-state index contributed by atoms with van der Waals surface area (Å²) in [6.07, 6.45) is 2.55. The van der Waals surface area contributed by atoms with Crippen LogP contribution in [0.25, 0.3) is 0 Å². The molecule has 2 atom stereocenters. The van der Waals surface area contributed by atoms with E-state index in [4.69, 9.17) is 11.6 Å². The van der Waals surface area contributed by atoms with Gasteiger partial charge in [-0.25, -0.2) is 0 Å². The predicted octanol–water partition coefficient (Wildman–Crippen LogP) is 1.32. The van der Waals surface area contributed by atoms with Crippen molar-refractivity contribution in [1.29, 1.82) is 0 Å². The van der Waals surface area contributed by atoms with Crippen molar-refractivity contribution in [3.8, 4) is 0 Å². The Bertz CT molecular complexity index is 367. The fourth-order valence-corrected chi connectivity index (χ4v) is 2.92. The summed E-state index contributed by atoms with van der Waals surface area (Å²) in [7, 11) is 0. The standard InChI is InChI=1S/C11H15ClN4/c12-10-1-2-11(15-14-10)16-6-4-8-3-5-13-7-9(8)16/h1-2,8-9,13H,3-7H2. The molecule has 16 heavy (non-hydrogen) atoms. The van der Waals surface area contributed by atoms with Gasteiger partial charge in [-0.15, -0.1) is 10.2 Å². The van der Waals surface area contributed by atoms with Gasteiger partial charge in [-0.3, -0.25) is 0 Å². The number of nitrogens with zero attached hydrogens (tertiary/aromatic N) is 3. The molecule has 0 bridgehead atoms. The zero-order valence-corrected chi connectivity index (χ0v) is 9.82. The Morgan fingerprint density at radius 2 is 2.25 bits per heavy atom. The van der Waals surface area contributed by atoms with Gasteiger partial charge in [0.05, 0.1) is 0 Å². The number of nitrogens with one attached hydrogen (secondary N) is 1. The molecule has 1 N–H and O–H groups in total. The van der Waals surface area contributed by atoms with Crippen molar-refractivity contribution in [3.63, 3.8) is 0 Å². The number of fused-ring (bicyclic) bond motifs is 1. The Labute approximate surface area is 100.0 Å². The molecule has 0 aliphatic carbocycles. The van der Waals surface area contributed by atoms with Gasteiger partial charge in [0.2, 0.25) is 0 Å². The quantitative estimate of drug-likeness (QED) is 0.801. The van der Waals surface area contributed by atoms with Crippen LogP contribution in [0.1, 0.15) is 12.8 Å². The number of rotatable bonds is 1. The van der Waals surface area contributed by atoms with Crippen LogP contribution < -0.4 is 10.2 Å². The highest BCUT2D eigenvalue weighted by atomic mass is 35.5. The lowest BCUT2D eigenvalue weighted by Crippen LogP contribution is -2.46.